The molecule has 0 aliphatic rings. The molecule has 1 heterocycles. The first-order valence-electron chi connectivity index (χ1n) is 9.28. The summed E-state index contributed by atoms with van der Waals surface area (Å²) in [5.74, 6) is 0. The van der Waals surface area contributed by atoms with Crippen molar-refractivity contribution in [1.82, 2.24) is 5.09 Å². The molecule has 0 aliphatic heterocycles. The molecule has 0 unspecified atom stereocenters. The predicted molar refractivity (Wildman–Crippen MR) is 126 cm³/mol. The van der Waals surface area contributed by atoms with E-state index in [0.29, 0.717) is 0 Å². The minimum absolute atomic E-state index is 0.179. The van der Waals surface area contributed by atoms with Crippen molar-refractivity contribution in [3.63, 3.8) is 0 Å². The lowest BCUT2D eigenvalue weighted by atomic mass is 10.1. The van der Waals surface area contributed by atoms with Gasteiger partial charge in [-0.25, -0.2) is 5.09 Å². The Morgan fingerprint density at radius 3 is 1.93 bits per heavy atom. The van der Waals surface area contributed by atoms with E-state index in [1.165, 1.54) is 0 Å². The molecule has 5 heteroatoms. The molecule has 0 saturated heterocycles. The summed E-state index contributed by atoms with van der Waals surface area (Å²) in [4.78, 5) is 0. The van der Waals surface area contributed by atoms with Crippen molar-refractivity contribution in [3.8, 4) is 0 Å². The molecule has 1 N–H and O–H groups in total. The van der Waals surface area contributed by atoms with Crippen LogP contribution in [0.1, 0.15) is 11.6 Å². The first-order chi connectivity index (χ1) is 13.4. The standard InChI is InChI=1S/C23H26NOPSSi/c1-5-22(28(2,3)4)23(19-16-17-27-18-19)24-26(25,20-12-8-6-9-13-20)21-14-10-7-11-15-21/h6-18,23H,1H2,2-4H3,(H,24,25)/t23-/m1/s1. The summed E-state index contributed by atoms with van der Waals surface area (Å²) in [6.45, 7) is 10.8. The normalized spacial score (nSPS) is 13.0. The molecule has 2 nitrogen and oxygen atoms in total. The van der Waals surface area contributed by atoms with Crippen LogP contribution in [-0.4, -0.2) is 8.07 Å². The summed E-state index contributed by atoms with van der Waals surface area (Å²) in [6, 6.07) is 21.3. The highest BCUT2D eigenvalue weighted by atomic mass is 32.1. The molecule has 0 saturated carbocycles. The lowest BCUT2D eigenvalue weighted by molar-refractivity contribution is 0.572. The van der Waals surface area contributed by atoms with Gasteiger partial charge < -0.3 is 0 Å². The van der Waals surface area contributed by atoms with Gasteiger partial charge in [0, 0.05) is 10.6 Å². The average molecular weight is 424 g/mol. The topological polar surface area (TPSA) is 29.1 Å². The first kappa shape index (κ1) is 20.8. The van der Waals surface area contributed by atoms with Crippen LogP contribution in [0.4, 0.5) is 0 Å². The molecule has 3 aromatic rings. The second kappa shape index (κ2) is 8.61. The van der Waals surface area contributed by atoms with E-state index in [9.17, 15) is 4.57 Å². The van der Waals surface area contributed by atoms with Crippen LogP contribution in [0.3, 0.4) is 0 Å². The second-order valence-electron chi connectivity index (χ2n) is 7.74. The van der Waals surface area contributed by atoms with Gasteiger partial charge in [0.25, 0.3) is 0 Å². The fourth-order valence-electron chi connectivity index (χ4n) is 3.30. The molecule has 0 bridgehead atoms. The minimum atomic E-state index is -3.07. The zero-order chi connectivity index (χ0) is 20.2. The van der Waals surface area contributed by atoms with Gasteiger partial charge >= 0.3 is 0 Å². The number of thiophene rings is 1. The van der Waals surface area contributed by atoms with E-state index in [0.717, 1.165) is 21.4 Å². The van der Waals surface area contributed by atoms with Crippen molar-refractivity contribution in [2.24, 2.45) is 0 Å². The Balaban J connectivity index is 2.17. The Labute approximate surface area is 173 Å². The predicted octanol–water partition coefficient (Wildman–Crippen LogP) is 5.90. The van der Waals surface area contributed by atoms with Crippen molar-refractivity contribution in [2.45, 2.75) is 25.7 Å². The van der Waals surface area contributed by atoms with Gasteiger partial charge in [0.1, 0.15) is 0 Å². The molecule has 28 heavy (non-hydrogen) atoms. The SMILES string of the molecule is C=C=C([C@H](NP(=O)(c1ccccc1)c1ccccc1)c1ccsc1)[Si](C)(C)C. The van der Waals surface area contributed by atoms with E-state index in [4.69, 9.17) is 0 Å². The Morgan fingerprint density at radius 2 is 1.54 bits per heavy atom. The largest absolute Gasteiger partial charge is 0.296 e. The molecule has 0 fully saturated rings. The lowest BCUT2D eigenvalue weighted by Crippen LogP contribution is -2.37. The summed E-state index contributed by atoms with van der Waals surface area (Å²) in [7, 11) is -4.81. The van der Waals surface area contributed by atoms with E-state index in [2.05, 4.69) is 53.9 Å². The van der Waals surface area contributed by atoms with Crippen LogP contribution in [-0.2, 0) is 4.57 Å². The Bertz CT molecular complexity index is 960. The van der Waals surface area contributed by atoms with Crippen molar-refractivity contribution in [2.75, 3.05) is 0 Å². The van der Waals surface area contributed by atoms with Crippen molar-refractivity contribution in [1.29, 1.82) is 0 Å². The molecule has 1 aromatic heterocycles. The van der Waals surface area contributed by atoms with Crippen LogP contribution >= 0.6 is 18.6 Å². The highest BCUT2D eigenvalue weighted by Gasteiger charge is 2.36. The van der Waals surface area contributed by atoms with Crippen molar-refractivity contribution < 1.29 is 4.57 Å². The lowest BCUT2D eigenvalue weighted by Gasteiger charge is -2.32. The molecule has 0 spiro atoms. The van der Waals surface area contributed by atoms with Gasteiger partial charge in [0.2, 0.25) is 7.29 Å². The molecule has 1 atom stereocenters. The maximum atomic E-state index is 14.5. The highest BCUT2D eigenvalue weighted by molar-refractivity contribution is 7.76. The zero-order valence-electron chi connectivity index (χ0n) is 16.6. The second-order valence-corrected chi connectivity index (χ2v) is 16.1. The molecule has 3 rings (SSSR count). The van der Waals surface area contributed by atoms with E-state index in [1.807, 2.05) is 60.7 Å². The Morgan fingerprint density at radius 1 is 1.00 bits per heavy atom. The van der Waals surface area contributed by atoms with Gasteiger partial charge in [-0.15, -0.1) is 5.73 Å². The monoisotopic (exact) mass is 423 g/mol. The van der Waals surface area contributed by atoms with Crippen molar-refractivity contribution >= 4 is 37.3 Å². The Kier molecular flexibility index (Phi) is 6.39. The van der Waals surface area contributed by atoms with E-state index < -0.39 is 15.4 Å². The number of hydrogen-bond acceptors (Lipinski definition) is 2. The van der Waals surface area contributed by atoms with Crippen LogP contribution in [0.25, 0.3) is 0 Å². The van der Waals surface area contributed by atoms with Crippen LogP contribution in [0.5, 0.6) is 0 Å². The molecule has 0 aliphatic carbocycles. The summed E-state index contributed by atoms with van der Waals surface area (Å²) in [5.41, 5.74) is 4.32. The number of nitrogens with one attached hydrogen (secondary N) is 1. The van der Waals surface area contributed by atoms with E-state index in [1.54, 1.807) is 11.3 Å². The van der Waals surface area contributed by atoms with Gasteiger partial charge in [0.15, 0.2) is 0 Å². The summed E-state index contributed by atoms with van der Waals surface area (Å²) in [6.07, 6.45) is 0. The summed E-state index contributed by atoms with van der Waals surface area (Å²) in [5, 5.41) is 10.5. The third-order valence-electron chi connectivity index (χ3n) is 4.71. The summed E-state index contributed by atoms with van der Waals surface area (Å²) >= 11 is 1.65. The number of hydrogen-bond donors (Lipinski definition) is 1. The highest BCUT2D eigenvalue weighted by Crippen LogP contribution is 2.44. The third-order valence-corrected chi connectivity index (χ3v) is 10.2. The average Bonchev–Trinajstić information content (AvgIpc) is 3.22. The van der Waals surface area contributed by atoms with Gasteiger partial charge in [0.05, 0.1) is 14.1 Å². The van der Waals surface area contributed by atoms with E-state index in [-0.39, 0.29) is 6.04 Å². The van der Waals surface area contributed by atoms with Gasteiger partial charge in [-0.1, -0.05) is 62.6 Å². The van der Waals surface area contributed by atoms with Crippen LogP contribution < -0.4 is 15.7 Å². The molecule has 144 valence electrons. The Hall–Kier alpha value is -1.93. The fraction of sp³-hybridized carbons (Fsp3) is 0.174. The van der Waals surface area contributed by atoms with Crippen LogP contribution in [0.2, 0.25) is 19.6 Å². The smallest absolute Gasteiger partial charge is 0.205 e. The minimum Gasteiger partial charge on any atom is -0.296 e. The zero-order valence-corrected chi connectivity index (χ0v) is 19.3. The quantitative estimate of drug-likeness (QED) is 0.291. The molecule has 0 radical (unpaired) electrons. The summed E-state index contributed by atoms with van der Waals surface area (Å²) < 4.78 is 14.5. The van der Waals surface area contributed by atoms with Gasteiger partial charge in [-0.05, 0) is 51.9 Å². The maximum Gasteiger partial charge on any atom is 0.205 e. The molecule has 0 amide bonds. The maximum absolute atomic E-state index is 14.5. The van der Waals surface area contributed by atoms with Crippen LogP contribution in [0.15, 0.2) is 95.0 Å². The van der Waals surface area contributed by atoms with Gasteiger partial charge in [-0.2, -0.15) is 11.3 Å². The first-order valence-corrected chi connectivity index (χ1v) is 15.4. The molecule has 2 aromatic carbocycles. The van der Waals surface area contributed by atoms with Gasteiger partial charge in [-0.3, -0.25) is 4.57 Å². The third kappa shape index (κ3) is 4.38. The molecular weight excluding hydrogens is 397 g/mol. The van der Waals surface area contributed by atoms with E-state index >= 15 is 0 Å². The number of rotatable bonds is 7. The molecular formula is C23H26NOPSSi. The number of benzene rings is 2. The van der Waals surface area contributed by atoms with Crippen molar-refractivity contribution in [3.05, 3.63) is 101 Å². The van der Waals surface area contributed by atoms with Crippen LogP contribution in [0, 0.1) is 0 Å². The fourth-order valence-corrected chi connectivity index (χ4v) is 8.17.